The number of para-hydroxylation sites is 1. The fourth-order valence-electron chi connectivity index (χ4n) is 2.25. The zero-order valence-electron chi connectivity index (χ0n) is 10.1. The summed E-state index contributed by atoms with van der Waals surface area (Å²) in [5.74, 6) is -0.0111. The van der Waals surface area contributed by atoms with Gasteiger partial charge in [-0.25, -0.2) is 0 Å². The van der Waals surface area contributed by atoms with Crippen molar-refractivity contribution in [1.29, 1.82) is 0 Å². The Morgan fingerprint density at radius 2 is 1.78 bits per heavy atom. The van der Waals surface area contributed by atoms with E-state index in [1.165, 1.54) is 0 Å². The van der Waals surface area contributed by atoms with Crippen molar-refractivity contribution in [1.82, 2.24) is 0 Å². The van der Waals surface area contributed by atoms with Gasteiger partial charge < -0.3 is 10.6 Å². The number of hydrogen-bond donors (Lipinski definition) is 2. The number of carbonyl (C=O) groups is 1. The molecule has 2 aromatic carbocycles. The molecule has 3 rings (SSSR count). The van der Waals surface area contributed by atoms with Crippen molar-refractivity contribution in [2.24, 2.45) is 0 Å². The molecule has 90 valence electrons. The Hall–Kier alpha value is -2.29. The molecule has 1 aliphatic heterocycles. The fraction of sp³-hybridized carbons (Fsp3) is 0.133. The van der Waals surface area contributed by atoms with Crippen LogP contribution in [0.2, 0.25) is 0 Å². The first-order chi connectivity index (χ1) is 8.75. The number of fused-ring (bicyclic) bond motifs is 1. The molecular formula is C15H14N2O. The van der Waals surface area contributed by atoms with E-state index in [2.05, 4.69) is 10.6 Å². The lowest BCUT2D eigenvalue weighted by atomic mass is 10.0. The SMILES string of the molecule is Cc1cccc2c1NC(=O)C(c1ccccc1)N2. The quantitative estimate of drug-likeness (QED) is 0.801. The molecule has 1 aliphatic rings. The number of carbonyl (C=O) groups excluding carboxylic acids is 1. The third-order valence-electron chi connectivity index (χ3n) is 3.22. The molecule has 2 N–H and O–H groups in total. The molecule has 3 heteroatoms. The molecule has 0 radical (unpaired) electrons. The van der Waals surface area contributed by atoms with Crippen molar-refractivity contribution in [3.63, 3.8) is 0 Å². The minimum Gasteiger partial charge on any atom is -0.368 e. The summed E-state index contributed by atoms with van der Waals surface area (Å²) in [5, 5.41) is 6.27. The van der Waals surface area contributed by atoms with E-state index in [-0.39, 0.29) is 11.9 Å². The molecule has 0 fully saturated rings. The maximum absolute atomic E-state index is 12.1. The van der Waals surface area contributed by atoms with Gasteiger partial charge in [0.15, 0.2) is 0 Å². The van der Waals surface area contributed by atoms with Crippen molar-refractivity contribution in [2.45, 2.75) is 13.0 Å². The molecule has 2 aromatic rings. The highest BCUT2D eigenvalue weighted by molar-refractivity contribution is 6.04. The Kier molecular flexibility index (Phi) is 2.52. The van der Waals surface area contributed by atoms with Gasteiger partial charge in [0.25, 0.3) is 5.91 Å². The normalized spacial score (nSPS) is 17.6. The summed E-state index contributed by atoms with van der Waals surface area (Å²) in [4.78, 5) is 12.1. The van der Waals surface area contributed by atoms with Crippen LogP contribution >= 0.6 is 0 Å². The Morgan fingerprint density at radius 1 is 1.00 bits per heavy atom. The lowest BCUT2D eigenvalue weighted by molar-refractivity contribution is -0.117. The number of hydrogen-bond acceptors (Lipinski definition) is 2. The Labute approximate surface area is 106 Å². The molecule has 0 aromatic heterocycles. The summed E-state index contributed by atoms with van der Waals surface area (Å²) < 4.78 is 0. The van der Waals surface area contributed by atoms with Gasteiger partial charge in [-0.1, -0.05) is 42.5 Å². The van der Waals surface area contributed by atoms with Gasteiger partial charge in [0, 0.05) is 0 Å². The Balaban J connectivity index is 2.00. The summed E-state index contributed by atoms with van der Waals surface area (Å²) in [5.41, 5.74) is 3.90. The molecule has 1 heterocycles. The minimum atomic E-state index is -0.319. The van der Waals surface area contributed by atoms with Gasteiger partial charge in [-0.05, 0) is 24.1 Å². The molecule has 0 saturated carbocycles. The van der Waals surface area contributed by atoms with E-state index >= 15 is 0 Å². The molecule has 1 unspecified atom stereocenters. The highest BCUT2D eigenvalue weighted by Crippen LogP contribution is 2.34. The molecule has 0 saturated heterocycles. The monoisotopic (exact) mass is 238 g/mol. The van der Waals surface area contributed by atoms with Gasteiger partial charge in [-0.3, -0.25) is 4.79 Å². The highest BCUT2D eigenvalue weighted by Gasteiger charge is 2.27. The van der Waals surface area contributed by atoms with E-state index in [1.807, 2.05) is 55.5 Å². The molecule has 3 nitrogen and oxygen atoms in total. The van der Waals surface area contributed by atoms with E-state index < -0.39 is 0 Å². The van der Waals surface area contributed by atoms with E-state index in [9.17, 15) is 4.79 Å². The topological polar surface area (TPSA) is 41.1 Å². The van der Waals surface area contributed by atoms with Crippen LogP contribution in [0.4, 0.5) is 11.4 Å². The zero-order chi connectivity index (χ0) is 12.5. The lowest BCUT2D eigenvalue weighted by Crippen LogP contribution is -2.32. The summed E-state index contributed by atoms with van der Waals surface area (Å²) in [6, 6.07) is 15.4. The van der Waals surface area contributed by atoms with Crippen LogP contribution < -0.4 is 10.6 Å². The van der Waals surface area contributed by atoms with Crippen molar-refractivity contribution < 1.29 is 4.79 Å². The predicted octanol–water partition coefficient (Wildman–Crippen LogP) is 3.10. The number of benzene rings is 2. The molecular weight excluding hydrogens is 224 g/mol. The smallest absolute Gasteiger partial charge is 0.251 e. The van der Waals surface area contributed by atoms with Crippen molar-refractivity contribution in [2.75, 3.05) is 10.6 Å². The first kappa shape index (κ1) is 10.8. The van der Waals surface area contributed by atoms with Crippen LogP contribution in [0.5, 0.6) is 0 Å². The lowest BCUT2D eigenvalue weighted by Gasteiger charge is -2.28. The summed E-state index contributed by atoms with van der Waals surface area (Å²) in [6.07, 6.45) is 0. The van der Waals surface area contributed by atoms with E-state index in [0.29, 0.717) is 0 Å². The number of rotatable bonds is 1. The Morgan fingerprint density at radius 3 is 2.56 bits per heavy atom. The van der Waals surface area contributed by atoms with E-state index in [1.54, 1.807) is 0 Å². The molecule has 0 bridgehead atoms. The van der Waals surface area contributed by atoms with Gasteiger partial charge in [0.2, 0.25) is 0 Å². The first-order valence-electron chi connectivity index (χ1n) is 5.97. The van der Waals surface area contributed by atoms with Crippen LogP contribution in [0, 0.1) is 6.92 Å². The number of anilines is 2. The van der Waals surface area contributed by atoms with Crippen LogP contribution in [0.25, 0.3) is 0 Å². The van der Waals surface area contributed by atoms with Gasteiger partial charge >= 0.3 is 0 Å². The average molecular weight is 238 g/mol. The number of aryl methyl sites for hydroxylation is 1. The first-order valence-corrected chi connectivity index (χ1v) is 5.97. The van der Waals surface area contributed by atoms with Crippen LogP contribution in [-0.4, -0.2) is 5.91 Å². The summed E-state index contributed by atoms with van der Waals surface area (Å²) in [7, 11) is 0. The molecule has 1 amide bonds. The van der Waals surface area contributed by atoms with E-state index in [4.69, 9.17) is 0 Å². The van der Waals surface area contributed by atoms with Gasteiger partial charge in [0.05, 0.1) is 11.4 Å². The molecule has 1 atom stereocenters. The maximum Gasteiger partial charge on any atom is 0.251 e. The molecule has 0 spiro atoms. The average Bonchev–Trinajstić information content (AvgIpc) is 2.40. The van der Waals surface area contributed by atoms with Crippen LogP contribution in [0.1, 0.15) is 17.2 Å². The highest BCUT2D eigenvalue weighted by atomic mass is 16.2. The Bertz CT molecular complexity index is 593. The zero-order valence-corrected chi connectivity index (χ0v) is 10.1. The van der Waals surface area contributed by atoms with Crippen molar-refractivity contribution >= 4 is 17.3 Å². The second-order valence-corrected chi connectivity index (χ2v) is 4.47. The summed E-state index contributed by atoms with van der Waals surface area (Å²) >= 11 is 0. The van der Waals surface area contributed by atoms with Crippen LogP contribution in [0.3, 0.4) is 0 Å². The van der Waals surface area contributed by atoms with Gasteiger partial charge in [-0.2, -0.15) is 0 Å². The van der Waals surface area contributed by atoms with Crippen molar-refractivity contribution in [3.05, 3.63) is 59.7 Å². The molecule has 0 aliphatic carbocycles. The largest absolute Gasteiger partial charge is 0.368 e. The number of nitrogens with one attached hydrogen (secondary N) is 2. The standard InChI is InChI=1S/C15H14N2O/c1-10-6-5-9-12-13(10)17-15(18)14(16-12)11-7-3-2-4-8-11/h2-9,14,16H,1H3,(H,17,18). The predicted molar refractivity (Wildman–Crippen MR) is 72.6 cm³/mol. The van der Waals surface area contributed by atoms with Crippen LogP contribution in [0.15, 0.2) is 48.5 Å². The van der Waals surface area contributed by atoms with Crippen molar-refractivity contribution in [3.8, 4) is 0 Å². The van der Waals surface area contributed by atoms with Gasteiger partial charge in [-0.15, -0.1) is 0 Å². The second kappa shape index (κ2) is 4.18. The third kappa shape index (κ3) is 1.74. The third-order valence-corrected chi connectivity index (χ3v) is 3.22. The summed E-state index contributed by atoms with van der Waals surface area (Å²) in [6.45, 7) is 1.99. The van der Waals surface area contributed by atoms with Gasteiger partial charge in [0.1, 0.15) is 6.04 Å². The minimum absolute atomic E-state index is 0.0111. The second-order valence-electron chi connectivity index (χ2n) is 4.47. The fourth-order valence-corrected chi connectivity index (χ4v) is 2.25. The maximum atomic E-state index is 12.1. The number of amides is 1. The van der Waals surface area contributed by atoms with E-state index in [0.717, 1.165) is 22.5 Å². The molecule has 18 heavy (non-hydrogen) atoms. The van der Waals surface area contributed by atoms with Crippen LogP contribution in [-0.2, 0) is 4.79 Å².